The fourth-order valence-corrected chi connectivity index (χ4v) is 2.14. The van der Waals surface area contributed by atoms with E-state index in [9.17, 15) is 0 Å². The Labute approximate surface area is 96.2 Å². The van der Waals surface area contributed by atoms with E-state index in [1.165, 1.54) is 18.5 Å². The Morgan fingerprint density at radius 3 is 2.44 bits per heavy atom. The molecule has 0 spiro atoms. The van der Waals surface area contributed by atoms with Crippen molar-refractivity contribution in [3.05, 3.63) is 24.3 Å². The van der Waals surface area contributed by atoms with Crippen LogP contribution in [-0.2, 0) is 0 Å². The number of hydrogen-bond donors (Lipinski definition) is 1. The Bertz CT molecular complexity index is 359. The molecule has 2 N–H and O–H groups in total. The van der Waals surface area contributed by atoms with E-state index < -0.39 is 0 Å². The zero-order valence-corrected chi connectivity index (χ0v) is 9.43. The largest absolute Gasteiger partial charge is 0.490 e. The highest BCUT2D eigenvalue weighted by molar-refractivity contribution is 5.50. The molecule has 1 saturated carbocycles. The maximum absolute atomic E-state index is 5.90. The van der Waals surface area contributed by atoms with Crippen LogP contribution in [0.1, 0.15) is 19.3 Å². The predicted molar refractivity (Wildman–Crippen MR) is 64.9 cm³/mol. The van der Waals surface area contributed by atoms with Crippen molar-refractivity contribution in [2.24, 2.45) is 5.73 Å². The van der Waals surface area contributed by atoms with E-state index in [1.807, 2.05) is 0 Å². The minimum Gasteiger partial charge on any atom is -0.490 e. The number of benzene rings is 1. The van der Waals surface area contributed by atoms with E-state index in [0.29, 0.717) is 12.1 Å². The van der Waals surface area contributed by atoms with Gasteiger partial charge in [-0.1, -0.05) is 0 Å². The molecule has 1 atom stereocenters. The van der Waals surface area contributed by atoms with Crippen LogP contribution in [0.3, 0.4) is 0 Å². The van der Waals surface area contributed by atoms with Crippen molar-refractivity contribution in [1.82, 2.24) is 0 Å². The Hall–Kier alpha value is -1.22. The molecule has 0 aromatic heterocycles. The highest BCUT2D eigenvalue weighted by Crippen LogP contribution is 2.28. The van der Waals surface area contributed by atoms with Gasteiger partial charge < -0.3 is 15.4 Å². The molecule has 16 heavy (non-hydrogen) atoms. The lowest BCUT2D eigenvalue weighted by molar-refractivity contribution is 0.303. The van der Waals surface area contributed by atoms with Gasteiger partial charge in [0.15, 0.2) is 0 Å². The van der Waals surface area contributed by atoms with Crippen molar-refractivity contribution in [2.75, 3.05) is 18.0 Å². The molecule has 3 heteroatoms. The van der Waals surface area contributed by atoms with Crippen LogP contribution in [0.2, 0.25) is 0 Å². The fraction of sp³-hybridized carbons (Fsp3) is 0.538. The van der Waals surface area contributed by atoms with E-state index in [0.717, 1.165) is 25.3 Å². The molecule has 3 rings (SSSR count). The molecular weight excluding hydrogens is 200 g/mol. The predicted octanol–water partition coefficient (Wildman–Crippen LogP) is 1.77. The number of nitrogens with two attached hydrogens (primary N) is 1. The second kappa shape index (κ2) is 3.98. The standard InChI is InChI=1S/C13H18N2O/c14-10-7-8-15(9-10)11-1-3-12(4-2-11)16-13-5-6-13/h1-4,10,13H,5-9,14H2. The first-order valence-electron chi connectivity index (χ1n) is 6.08. The molecule has 1 heterocycles. The SMILES string of the molecule is NC1CCN(c2ccc(OC3CC3)cc2)C1. The first-order valence-corrected chi connectivity index (χ1v) is 6.08. The van der Waals surface area contributed by atoms with Crippen LogP contribution in [0.5, 0.6) is 5.75 Å². The number of anilines is 1. The summed E-state index contributed by atoms with van der Waals surface area (Å²) >= 11 is 0. The third-order valence-electron chi connectivity index (χ3n) is 3.25. The van der Waals surface area contributed by atoms with Gasteiger partial charge >= 0.3 is 0 Å². The van der Waals surface area contributed by atoms with Crippen LogP contribution in [0.25, 0.3) is 0 Å². The summed E-state index contributed by atoms with van der Waals surface area (Å²) in [5, 5.41) is 0. The highest BCUT2D eigenvalue weighted by Gasteiger charge is 2.23. The molecule has 0 radical (unpaired) electrons. The normalized spacial score (nSPS) is 24.8. The Kier molecular flexibility index (Phi) is 2.48. The first kappa shape index (κ1) is 9.97. The van der Waals surface area contributed by atoms with Gasteiger partial charge in [-0.05, 0) is 43.5 Å². The van der Waals surface area contributed by atoms with Gasteiger partial charge in [-0.25, -0.2) is 0 Å². The van der Waals surface area contributed by atoms with Crippen molar-refractivity contribution in [3.8, 4) is 5.75 Å². The quantitative estimate of drug-likeness (QED) is 0.840. The molecule has 1 saturated heterocycles. The molecule has 3 nitrogen and oxygen atoms in total. The van der Waals surface area contributed by atoms with Crippen molar-refractivity contribution in [3.63, 3.8) is 0 Å². The molecule has 86 valence electrons. The maximum Gasteiger partial charge on any atom is 0.119 e. The molecule has 1 aliphatic heterocycles. The number of rotatable bonds is 3. The molecule has 1 unspecified atom stereocenters. The van der Waals surface area contributed by atoms with Crippen LogP contribution in [0.15, 0.2) is 24.3 Å². The van der Waals surface area contributed by atoms with Gasteiger partial charge in [-0.15, -0.1) is 0 Å². The molecule has 1 aromatic carbocycles. The molecule has 1 aromatic rings. The average molecular weight is 218 g/mol. The van der Waals surface area contributed by atoms with Crippen molar-refractivity contribution >= 4 is 5.69 Å². The third kappa shape index (κ3) is 2.14. The van der Waals surface area contributed by atoms with Crippen LogP contribution >= 0.6 is 0 Å². The summed E-state index contributed by atoms with van der Waals surface area (Å²) in [6.45, 7) is 2.05. The maximum atomic E-state index is 5.90. The minimum absolute atomic E-state index is 0.336. The van der Waals surface area contributed by atoms with E-state index >= 15 is 0 Å². The van der Waals surface area contributed by atoms with Gasteiger partial charge in [0.2, 0.25) is 0 Å². The number of nitrogens with zero attached hydrogens (tertiary/aromatic N) is 1. The van der Waals surface area contributed by atoms with Crippen molar-refractivity contribution in [1.29, 1.82) is 0 Å². The molecule has 0 bridgehead atoms. The average Bonchev–Trinajstić information content (AvgIpc) is 3.00. The second-order valence-electron chi connectivity index (χ2n) is 4.81. The van der Waals surface area contributed by atoms with E-state index in [-0.39, 0.29) is 0 Å². The summed E-state index contributed by atoms with van der Waals surface area (Å²) in [7, 11) is 0. The van der Waals surface area contributed by atoms with Crippen LogP contribution in [0, 0.1) is 0 Å². The lowest BCUT2D eigenvalue weighted by Crippen LogP contribution is -2.26. The van der Waals surface area contributed by atoms with Crippen molar-refractivity contribution in [2.45, 2.75) is 31.4 Å². The zero-order valence-electron chi connectivity index (χ0n) is 9.43. The second-order valence-corrected chi connectivity index (χ2v) is 4.81. The molecule has 0 amide bonds. The summed E-state index contributed by atoms with van der Waals surface area (Å²) < 4.78 is 5.72. The van der Waals surface area contributed by atoms with Crippen LogP contribution < -0.4 is 15.4 Å². The molecule has 1 aliphatic carbocycles. The van der Waals surface area contributed by atoms with Gasteiger partial charge in [0.05, 0.1) is 6.10 Å². The van der Waals surface area contributed by atoms with Gasteiger partial charge in [0.1, 0.15) is 5.75 Å². The summed E-state index contributed by atoms with van der Waals surface area (Å²) in [4.78, 5) is 2.34. The van der Waals surface area contributed by atoms with Gasteiger partial charge in [-0.2, -0.15) is 0 Å². The Morgan fingerprint density at radius 1 is 1.12 bits per heavy atom. The fourth-order valence-electron chi connectivity index (χ4n) is 2.14. The minimum atomic E-state index is 0.336. The van der Waals surface area contributed by atoms with Gasteiger partial charge in [0.25, 0.3) is 0 Å². The number of hydrogen-bond acceptors (Lipinski definition) is 3. The zero-order chi connectivity index (χ0) is 11.0. The number of ether oxygens (including phenoxy) is 1. The summed E-state index contributed by atoms with van der Waals surface area (Å²) in [6.07, 6.45) is 4.00. The summed E-state index contributed by atoms with van der Waals surface area (Å²) in [5.41, 5.74) is 7.16. The Morgan fingerprint density at radius 2 is 1.88 bits per heavy atom. The van der Waals surface area contributed by atoms with Crippen LogP contribution in [0.4, 0.5) is 5.69 Å². The van der Waals surface area contributed by atoms with E-state index in [1.54, 1.807) is 0 Å². The Balaban J connectivity index is 1.66. The summed E-state index contributed by atoms with van der Waals surface area (Å²) in [6, 6.07) is 8.74. The third-order valence-corrected chi connectivity index (χ3v) is 3.25. The lowest BCUT2D eigenvalue weighted by atomic mass is 10.3. The van der Waals surface area contributed by atoms with Crippen LogP contribution in [-0.4, -0.2) is 25.2 Å². The van der Waals surface area contributed by atoms with Crippen molar-refractivity contribution < 1.29 is 4.74 Å². The van der Waals surface area contributed by atoms with E-state index in [4.69, 9.17) is 10.5 Å². The monoisotopic (exact) mass is 218 g/mol. The molecule has 2 aliphatic rings. The molecule has 2 fully saturated rings. The lowest BCUT2D eigenvalue weighted by Gasteiger charge is -2.18. The summed E-state index contributed by atoms with van der Waals surface area (Å²) in [5.74, 6) is 0.995. The van der Waals surface area contributed by atoms with E-state index in [2.05, 4.69) is 29.2 Å². The smallest absolute Gasteiger partial charge is 0.119 e. The van der Waals surface area contributed by atoms with Gasteiger partial charge in [-0.3, -0.25) is 0 Å². The highest BCUT2D eigenvalue weighted by atomic mass is 16.5. The van der Waals surface area contributed by atoms with Gasteiger partial charge in [0, 0.05) is 24.8 Å². The first-order chi connectivity index (χ1) is 7.81. The molecular formula is C13H18N2O. The topological polar surface area (TPSA) is 38.5 Å².